The Morgan fingerprint density at radius 2 is 2.24 bits per heavy atom. The highest BCUT2D eigenvalue weighted by Crippen LogP contribution is 2.23. The third-order valence-corrected chi connectivity index (χ3v) is 4.00. The van der Waals surface area contributed by atoms with E-state index in [9.17, 15) is 0 Å². The third-order valence-electron chi connectivity index (χ3n) is 3.05. The Morgan fingerprint density at radius 3 is 2.94 bits per heavy atom. The lowest BCUT2D eigenvalue weighted by Crippen LogP contribution is -2.06. The van der Waals surface area contributed by atoms with Gasteiger partial charge in [0.25, 0.3) is 0 Å². The molecule has 1 atom stereocenters. The second kappa shape index (κ2) is 5.27. The fraction of sp³-hybridized carbons (Fsp3) is 0.462. The first-order valence-corrected chi connectivity index (χ1v) is 7.63. The molecule has 0 saturated heterocycles. The molecule has 0 spiro atoms. The number of benzene rings is 1. The van der Waals surface area contributed by atoms with Gasteiger partial charge in [-0.05, 0) is 62.2 Å². The molecule has 0 bridgehead atoms. The normalized spacial score (nSPS) is 13.1. The molecule has 0 aliphatic rings. The molecule has 92 valence electrons. The molecule has 1 heterocycles. The van der Waals surface area contributed by atoms with Gasteiger partial charge < -0.3 is 9.55 Å². The highest BCUT2D eigenvalue weighted by molar-refractivity contribution is 7.98. The Bertz CT molecular complexity index is 568. The number of nitrogens with zero attached hydrogens (tertiary/aromatic N) is 1. The molecule has 0 saturated carbocycles. The maximum absolute atomic E-state index is 5.42. The van der Waals surface area contributed by atoms with Crippen molar-refractivity contribution in [3.8, 4) is 0 Å². The van der Waals surface area contributed by atoms with Crippen molar-refractivity contribution in [1.82, 2.24) is 9.55 Å². The van der Waals surface area contributed by atoms with E-state index in [1.54, 1.807) is 0 Å². The van der Waals surface area contributed by atoms with Gasteiger partial charge in [0, 0.05) is 6.04 Å². The largest absolute Gasteiger partial charge is 0.331 e. The number of hydrogen-bond donors (Lipinski definition) is 1. The zero-order chi connectivity index (χ0) is 12.4. The number of nitrogens with one attached hydrogen (secondary N) is 1. The first kappa shape index (κ1) is 12.7. The number of H-pyrrole nitrogens is 1. The van der Waals surface area contributed by atoms with E-state index in [0.29, 0.717) is 6.04 Å². The Kier molecular flexibility index (Phi) is 3.94. The third kappa shape index (κ3) is 2.58. The number of aromatic nitrogens is 2. The Morgan fingerprint density at radius 1 is 1.47 bits per heavy atom. The number of fused-ring (bicyclic) bond motifs is 1. The summed E-state index contributed by atoms with van der Waals surface area (Å²) in [6.07, 6.45) is 3.29. The predicted molar refractivity (Wildman–Crippen MR) is 79.6 cm³/mol. The Balaban J connectivity index is 2.48. The molecule has 0 radical (unpaired) electrons. The summed E-state index contributed by atoms with van der Waals surface area (Å²) in [5.41, 5.74) is 3.64. The molecule has 2 rings (SSSR count). The molecule has 0 fully saturated rings. The first-order valence-electron chi connectivity index (χ1n) is 5.83. The maximum atomic E-state index is 5.42. The molecular formula is C13H18N2S2. The van der Waals surface area contributed by atoms with E-state index >= 15 is 0 Å². The van der Waals surface area contributed by atoms with E-state index in [4.69, 9.17) is 12.2 Å². The maximum Gasteiger partial charge on any atom is 0.178 e. The van der Waals surface area contributed by atoms with Gasteiger partial charge in [-0.3, -0.25) is 0 Å². The van der Waals surface area contributed by atoms with Gasteiger partial charge in [0.05, 0.1) is 11.0 Å². The smallest absolute Gasteiger partial charge is 0.178 e. The number of hydrogen-bond acceptors (Lipinski definition) is 2. The monoisotopic (exact) mass is 266 g/mol. The average Bonchev–Trinajstić information content (AvgIpc) is 2.61. The molecule has 0 aliphatic carbocycles. The summed E-state index contributed by atoms with van der Waals surface area (Å²) in [6, 6.07) is 6.88. The van der Waals surface area contributed by atoms with Crippen LogP contribution in [-0.2, 0) is 0 Å². The van der Waals surface area contributed by atoms with E-state index in [-0.39, 0.29) is 0 Å². The van der Waals surface area contributed by atoms with E-state index in [2.05, 4.69) is 47.9 Å². The molecule has 2 nitrogen and oxygen atoms in total. The van der Waals surface area contributed by atoms with Crippen LogP contribution in [0.4, 0.5) is 0 Å². The second-order valence-electron chi connectivity index (χ2n) is 4.45. The van der Waals surface area contributed by atoms with E-state index in [0.717, 1.165) is 16.7 Å². The van der Waals surface area contributed by atoms with E-state index in [1.807, 2.05) is 11.8 Å². The van der Waals surface area contributed by atoms with Crippen LogP contribution in [0.2, 0.25) is 0 Å². The minimum atomic E-state index is 0.450. The van der Waals surface area contributed by atoms with E-state index < -0.39 is 0 Å². The van der Waals surface area contributed by atoms with Crippen LogP contribution < -0.4 is 0 Å². The van der Waals surface area contributed by atoms with Gasteiger partial charge in [0.2, 0.25) is 0 Å². The molecule has 1 N–H and O–H groups in total. The summed E-state index contributed by atoms with van der Waals surface area (Å²) < 4.78 is 3.08. The van der Waals surface area contributed by atoms with Gasteiger partial charge in [-0.15, -0.1) is 0 Å². The molecule has 2 aromatic rings. The number of aromatic amines is 1. The van der Waals surface area contributed by atoms with Crippen LogP contribution in [0.1, 0.15) is 24.9 Å². The van der Waals surface area contributed by atoms with Gasteiger partial charge >= 0.3 is 0 Å². The van der Waals surface area contributed by atoms with Crippen LogP contribution in [0.5, 0.6) is 0 Å². The fourth-order valence-corrected chi connectivity index (χ4v) is 3.05. The summed E-state index contributed by atoms with van der Waals surface area (Å²) in [7, 11) is 0. The quantitative estimate of drug-likeness (QED) is 0.832. The Labute approximate surface area is 111 Å². The molecule has 0 amide bonds. The predicted octanol–water partition coefficient (Wildman–Crippen LogP) is 4.32. The van der Waals surface area contributed by atoms with Gasteiger partial charge in [0.1, 0.15) is 0 Å². The minimum Gasteiger partial charge on any atom is -0.331 e. The zero-order valence-corrected chi connectivity index (χ0v) is 12.1. The lowest BCUT2D eigenvalue weighted by molar-refractivity contribution is 0.543. The molecule has 4 heteroatoms. The summed E-state index contributed by atoms with van der Waals surface area (Å²) >= 11 is 7.31. The highest BCUT2D eigenvalue weighted by atomic mass is 32.2. The van der Waals surface area contributed by atoms with Crippen molar-refractivity contribution in [3.63, 3.8) is 0 Å². The standard InChI is InChI=1S/C13H18N2S2/c1-9-4-5-11-12(8-9)15(13(16)14-11)10(2)6-7-17-3/h4-5,8,10H,6-7H2,1-3H3,(H,14,16). The topological polar surface area (TPSA) is 20.7 Å². The molecule has 0 aliphatic heterocycles. The van der Waals surface area contributed by atoms with Crippen LogP contribution >= 0.6 is 24.0 Å². The molecule has 17 heavy (non-hydrogen) atoms. The van der Waals surface area contributed by atoms with Crippen molar-refractivity contribution in [1.29, 1.82) is 0 Å². The van der Waals surface area contributed by atoms with Crippen molar-refractivity contribution < 1.29 is 0 Å². The van der Waals surface area contributed by atoms with Crippen LogP contribution in [0.3, 0.4) is 0 Å². The van der Waals surface area contributed by atoms with Crippen molar-refractivity contribution in [3.05, 3.63) is 28.5 Å². The van der Waals surface area contributed by atoms with Crippen LogP contribution in [0.25, 0.3) is 11.0 Å². The molecule has 1 unspecified atom stereocenters. The first-order chi connectivity index (χ1) is 8.13. The number of rotatable bonds is 4. The van der Waals surface area contributed by atoms with Crippen LogP contribution in [0, 0.1) is 11.7 Å². The summed E-state index contributed by atoms with van der Waals surface area (Å²) in [6.45, 7) is 4.36. The van der Waals surface area contributed by atoms with Gasteiger partial charge in [0.15, 0.2) is 4.77 Å². The summed E-state index contributed by atoms with van der Waals surface area (Å²) in [5.74, 6) is 1.17. The van der Waals surface area contributed by atoms with Crippen molar-refractivity contribution in [2.75, 3.05) is 12.0 Å². The lowest BCUT2D eigenvalue weighted by atomic mass is 10.2. The van der Waals surface area contributed by atoms with Gasteiger partial charge in [-0.1, -0.05) is 6.07 Å². The van der Waals surface area contributed by atoms with E-state index in [1.165, 1.54) is 16.8 Å². The lowest BCUT2D eigenvalue weighted by Gasteiger charge is -2.14. The number of thioether (sulfide) groups is 1. The SMILES string of the molecule is CSCCC(C)n1c(=S)[nH]c2ccc(C)cc21. The molecule has 1 aromatic heterocycles. The molecule has 1 aromatic carbocycles. The van der Waals surface area contributed by atoms with Crippen molar-refractivity contribution >= 4 is 35.0 Å². The zero-order valence-electron chi connectivity index (χ0n) is 10.5. The van der Waals surface area contributed by atoms with Crippen LogP contribution in [-0.4, -0.2) is 21.6 Å². The van der Waals surface area contributed by atoms with Gasteiger partial charge in [-0.2, -0.15) is 11.8 Å². The average molecular weight is 266 g/mol. The van der Waals surface area contributed by atoms with Crippen molar-refractivity contribution in [2.24, 2.45) is 0 Å². The fourth-order valence-electron chi connectivity index (χ4n) is 2.09. The highest BCUT2D eigenvalue weighted by Gasteiger charge is 2.10. The van der Waals surface area contributed by atoms with Crippen molar-refractivity contribution in [2.45, 2.75) is 26.3 Å². The minimum absolute atomic E-state index is 0.450. The number of imidazole rings is 1. The molecular weight excluding hydrogens is 248 g/mol. The summed E-state index contributed by atoms with van der Waals surface area (Å²) in [5, 5.41) is 0. The second-order valence-corrected chi connectivity index (χ2v) is 5.82. The van der Waals surface area contributed by atoms with Crippen LogP contribution in [0.15, 0.2) is 18.2 Å². The van der Waals surface area contributed by atoms with Gasteiger partial charge in [-0.25, -0.2) is 0 Å². The number of aryl methyl sites for hydroxylation is 1. The Hall–Kier alpha value is -0.740. The summed E-state index contributed by atoms with van der Waals surface area (Å²) in [4.78, 5) is 3.28.